The molecule has 4 rings (SSSR count). The van der Waals surface area contributed by atoms with Gasteiger partial charge < -0.3 is 75.1 Å². The number of aromatic hydroxyl groups is 9. The van der Waals surface area contributed by atoms with Gasteiger partial charge in [-0.3, -0.25) is 0 Å². The van der Waals surface area contributed by atoms with Crippen molar-refractivity contribution in [1.29, 1.82) is 0 Å². The third-order valence-corrected chi connectivity index (χ3v) is 6.42. The lowest BCUT2D eigenvalue weighted by Crippen LogP contribution is -2.61. The van der Waals surface area contributed by atoms with Crippen LogP contribution in [0.4, 0.5) is 0 Å². The Kier molecular flexibility index (Phi) is 8.84. The topological polar surface area (TPSA) is 311 Å². The predicted octanol–water partition coefficient (Wildman–Crippen LogP) is -0.277. The summed E-state index contributed by atoms with van der Waals surface area (Å²) in [7, 11) is 0. The second-order valence-corrected chi connectivity index (χ2v) is 9.48. The summed E-state index contributed by atoms with van der Waals surface area (Å²) in [4.78, 5) is 38.1. The van der Waals surface area contributed by atoms with E-state index in [1.807, 2.05) is 0 Å². The van der Waals surface area contributed by atoms with E-state index in [0.717, 1.165) is 12.1 Å². The van der Waals surface area contributed by atoms with Crippen molar-refractivity contribution >= 4 is 17.9 Å². The number of esters is 3. The monoisotopic (exact) mass is 636 g/mol. The Morgan fingerprint density at radius 3 is 1.27 bits per heavy atom. The molecular formula is C27H24O18. The van der Waals surface area contributed by atoms with Crippen LogP contribution in [0.15, 0.2) is 36.4 Å². The van der Waals surface area contributed by atoms with E-state index in [0.29, 0.717) is 24.3 Å². The fourth-order valence-corrected chi connectivity index (χ4v) is 4.11. The summed E-state index contributed by atoms with van der Waals surface area (Å²) >= 11 is 0. The number of aliphatic hydroxyl groups excluding tert-OH is 2. The van der Waals surface area contributed by atoms with Gasteiger partial charge in [0, 0.05) is 0 Å². The van der Waals surface area contributed by atoms with Crippen LogP contribution in [0, 0.1) is 0 Å². The van der Waals surface area contributed by atoms with Gasteiger partial charge >= 0.3 is 17.9 Å². The van der Waals surface area contributed by atoms with Crippen LogP contribution in [0.2, 0.25) is 0 Å². The number of aliphatic hydroxyl groups is 2. The fourth-order valence-electron chi connectivity index (χ4n) is 4.11. The lowest BCUT2D eigenvalue weighted by atomic mass is 9.98. The molecule has 0 aromatic heterocycles. The summed E-state index contributed by atoms with van der Waals surface area (Å²) in [6, 6.07) is 4.20. The van der Waals surface area contributed by atoms with Gasteiger partial charge in [0.25, 0.3) is 0 Å². The molecule has 18 heteroatoms. The maximum absolute atomic E-state index is 12.9. The first-order valence-electron chi connectivity index (χ1n) is 12.4. The number of carbonyl (C=O) groups is 3. The summed E-state index contributed by atoms with van der Waals surface area (Å²) in [5, 5.41) is 108. The Morgan fingerprint density at radius 1 is 0.556 bits per heavy atom. The van der Waals surface area contributed by atoms with Gasteiger partial charge in [-0.05, 0) is 36.4 Å². The maximum atomic E-state index is 12.9. The Hall–Kier alpha value is -5.85. The van der Waals surface area contributed by atoms with Gasteiger partial charge in [-0.2, -0.15) is 0 Å². The lowest BCUT2D eigenvalue weighted by molar-refractivity contribution is -0.284. The highest BCUT2D eigenvalue weighted by atomic mass is 16.7. The first-order valence-corrected chi connectivity index (χ1v) is 12.4. The van der Waals surface area contributed by atoms with Crippen LogP contribution >= 0.6 is 0 Å². The Balaban J connectivity index is 1.60. The van der Waals surface area contributed by atoms with Gasteiger partial charge in [0.2, 0.25) is 0 Å². The maximum Gasteiger partial charge on any atom is 0.338 e. The van der Waals surface area contributed by atoms with Crippen LogP contribution < -0.4 is 0 Å². The Morgan fingerprint density at radius 2 is 0.889 bits per heavy atom. The first-order chi connectivity index (χ1) is 21.1. The molecule has 5 unspecified atom stereocenters. The minimum absolute atomic E-state index is 0.476. The molecule has 0 spiro atoms. The standard InChI is InChI=1S/C27H24O18/c28-11-1-8(2-12(29)18(11)34)24(38)42-7-17-22(44-25(39)9-3-13(30)19(35)14(31)4-9)21(37)23(27(41)43-17)45-26(40)10-5-15(32)20(36)16(33)6-10/h1-6,17,21-23,27-37,41H,7H2. The molecule has 240 valence electrons. The number of benzene rings is 3. The quantitative estimate of drug-likeness (QED) is 0.0902. The zero-order chi connectivity index (χ0) is 33.3. The van der Waals surface area contributed by atoms with E-state index in [1.165, 1.54) is 0 Å². The van der Waals surface area contributed by atoms with E-state index in [9.17, 15) is 70.6 Å². The molecule has 18 nitrogen and oxygen atoms in total. The molecule has 1 aliphatic heterocycles. The highest BCUT2D eigenvalue weighted by Gasteiger charge is 2.50. The molecule has 11 N–H and O–H groups in total. The number of carbonyl (C=O) groups excluding carboxylic acids is 3. The van der Waals surface area contributed by atoms with E-state index in [4.69, 9.17) is 18.9 Å². The summed E-state index contributed by atoms with van der Waals surface area (Å²) in [5.41, 5.74) is -1.62. The van der Waals surface area contributed by atoms with E-state index in [2.05, 4.69) is 0 Å². The summed E-state index contributed by atoms with van der Waals surface area (Å²) in [6.45, 7) is -0.917. The highest BCUT2D eigenvalue weighted by molar-refractivity contribution is 5.92. The second kappa shape index (κ2) is 12.4. The first kappa shape index (κ1) is 32.1. The van der Waals surface area contributed by atoms with E-state index < -0.39 is 124 Å². The van der Waals surface area contributed by atoms with Crippen molar-refractivity contribution in [2.45, 2.75) is 30.7 Å². The van der Waals surface area contributed by atoms with Crippen LogP contribution in [-0.4, -0.2) is 111 Å². The number of hydrogen-bond acceptors (Lipinski definition) is 18. The molecule has 3 aromatic rings. The molecule has 1 aliphatic rings. The molecule has 0 bridgehead atoms. The third kappa shape index (κ3) is 6.56. The minimum atomic E-state index is -2.20. The van der Waals surface area contributed by atoms with Crippen molar-refractivity contribution in [3.8, 4) is 51.7 Å². The minimum Gasteiger partial charge on any atom is -0.504 e. The molecule has 0 saturated carbocycles. The second-order valence-electron chi connectivity index (χ2n) is 9.48. The van der Waals surface area contributed by atoms with E-state index in [-0.39, 0.29) is 0 Å². The zero-order valence-electron chi connectivity index (χ0n) is 22.3. The van der Waals surface area contributed by atoms with Crippen molar-refractivity contribution in [2.24, 2.45) is 0 Å². The molecule has 0 amide bonds. The normalized spacial score (nSPS) is 21.1. The van der Waals surface area contributed by atoms with Gasteiger partial charge in [-0.15, -0.1) is 0 Å². The summed E-state index contributed by atoms with van der Waals surface area (Å²) in [5.74, 6) is -12.3. The van der Waals surface area contributed by atoms with E-state index in [1.54, 1.807) is 0 Å². The molecule has 1 saturated heterocycles. The van der Waals surface area contributed by atoms with E-state index >= 15 is 0 Å². The van der Waals surface area contributed by atoms with Gasteiger partial charge in [0.1, 0.15) is 18.8 Å². The van der Waals surface area contributed by atoms with Gasteiger partial charge in [0.15, 0.2) is 70.2 Å². The highest BCUT2D eigenvalue weighted by Crippen LogP contribution is 2.38. The van der Waals surface area contributed by atoms with Gasteiger partial charge in [0.05, 0.1) is 16.7 Å². The van der Waals surface area contributed by atoms with Crippen LogP contribution in [0.25, 0.3) is 0 Å². The number of ether oxygens (including phenoxy) is 4. The summed E-state index contributed by atoms with van der Waals surface area (Å²) in [6.07, 6.45) is -10.1. The lowest BCUT2D eigenvalue weighted by Gasteiger charge is -2.41. The molecule has 0 radical (unpaired) electrons. The Labute approximate surface area is 249 Å². The van der Waals surface area contributed by atoms with Crippen molar-refractivity contribution in [3.63, 3.8) is 0 Å². The molecule has 0 aliphatic carbocycles. The number of hydrogen-bond donors (Lipinski definition) is 11. The molecule has 5 atom stereocenters. The zero-order valence-corrected chi connectivity index (χ0v) is 22.3. The SMILES string of the molecule is O=C(OCC1OC(O)C(OC(=O)c2cc(O)c(O)c(O)c2)C(O)C1OC(=O)c1cc(O)c(O)c(O)c1)c1cc(O)c(O)c(O)c1. The number of rotatable bonds is 7. The largest absolute Gasteiger partial charge is 0.504 e. The Bertz CT molecular complexity index is 1580. The molecule has 1 heterocycles. The van der Waals surface area contributed by atoms with Crippen molar-refractivity contribution in [2.75, 3.05) is 6.61 Å². The van der Waals surface area contributed by atoms with Crippen LogP contribution in [0.3, 0.4) is 0 Å². The predicted molar refractivity (Wildman–Crippen MR) is 140 cm³/mol. The third-order valence-electron chi connectivity index (χ3n) is 6.42. The van der Waals surface area contributed by atoms with Gasteiger partial charge in [-0.25, -0.2) is 14.4 Å². The van der Waals surface area contributed by atoms with Gasteiger partial charge in [-0.1, -0.05) is 0 Å². The molecular weight excluding hydrogens is 612 g/mol. The molecule has 3 aromatic carbocycles. The molecule has 45 heavy (non-hydrogen) atoms. The van der Waals surface area contributed by atoms with Crippen molar-refractivity contribution in [3.05, 3.63) is 53.1 Å². The van der Waals surface area contributed by atoms with Crippen LogP contribution in [0.5, 0.6) is 51.7 Å². The van der Waals surface area contributed by atoms with Crippen LogP contribution in [0.1, 0.15) is 31.1 Å². The number of phenols is 9. The van der Waals surface area contributed by atoms with Crippen molar-refractivity contribution in [1.82, 2.24) is 0 Å². The number of phenolic OH excluding ortho intramolecular Hbond substituents is 9. The smallest absolute Gasteiger partial charge is 0.338 e. The fraction of sp³-hybridized carbons (Fsp3) is 0.222. The average Bonchev–Trinajstić information content (AvgIpc) is 2.98. The van der Waals surface area contributed by atoms with Crippen molar-refractivity contribution < 1.29 is 89.5 Å². The van der Waals surface area contributed by atoms with Crippen LogP contribution in [-0.2, 0) is 18.9 Å². The molecule has 1 fully saturated rings. The average molecular weight is 636 g/mol. The summed E-state index contributed by atoms with van der Waals surface area (Å²) < 4.78 is 20.6.